The third-order valence-electron chi connectivity index (χ3n) is 6.90. The molecule has 0 aliphatic carbocycles. The van der Waals surface area contributed by atoms with E-state index in [1.54, 1.807) is 19.1 Å². The van der Waals surface area contributed by atoms with Crippen molar-refractivity contribution in [1.82, 2.24) is 14.7 Å². The summed E-state index contributed by atoms with van der Waals surface area (Å²) in [6.07, 6.45) is 0.151. The van der Waals surface area contributed by atoms with Gasteiger partial charge in [-0.05, 0) is 41.8 Å². The van der Waals surface area contributed by atoms with Crippen molar-refractivity contribution in [2.75, 3.05) is 60.1 Å². The normalized spacial score (nSPS) is 19.7. The molecular weight excluding hydrogens is 450 g/mol. The molecule has 0 saturated carbocycles. The number of hydrogen-bond acceptors (Lipinski definition) is 7. The van der Waals surface area contributed by atoms with Crippen LogP contribution in [-0.4, -0.2) is 92.7 Å². The summed E-state index contributed by atoms with van der Waals surface area (Å²) < 4.78 is 22.4. The van der Waals surface area contributed by atoms with Gasteiger partial charge in [0.15, 0.2) is 23.0 Å². The summed E-state index contributed by atoms with van der Waals surface area (Å²) in [5.74, 6) is 2.69. The number of amides is 2. The maximum atomic E-state index is 13.0. The van der Waals surface area contributed by atoms with E-state index in [0.717, 1.165) is 12.0 Å². The number of carbonyl (C=O) groups is 2. The first-order valence-electron chi connectivity index (χ1n) is 12.0. The van der Waals surface area contributed by atoms with E-state index >= 15 is 0 Å². The minimum absolute atomic E-state index is 0.0671. The largest absolute Gasteiger partial charge is 0.493 e. The smallest absolute Gasteiger partial charge is 0.267 e. The lowest BCUT2D eigenvalue weighted by Gasteiger charge is -2.38. The summed E-state index contributed by atoms with van der Waals surface area (Å²) in [5.41, 5.74) is 2.28. The Morgan fingerprint density at radius 1 is 0.914 bits per heavy atom. The number of carbonyl (C=O) groups excluding carboxylic acids is 2. The van der Waals surface area contributed by atoms with Crippen LogP contribution in [0.4, 0.5) is 0 Å². The molecule has 5 rings (SSSR count). The summed E-state index contributed by atoms with van der Waals surface area (Å²) in [7, 11) is 3.25. The van der Waals surface area contributed by atoms with Gasteiger partial charge in [-0.1, -0.05) is 12.1 Å². The average molecular weight is 482 g/mol. The fourth-order valence-corrected chi connectivity index (χ4v) is 4.86. The van der Waals surface area contributed by atoms with Crippen molar-refractivity contribution in [2.24, 2.45) is 0 Å². The lowest BCUT2D eigenvalue weighted by atomic mass is 9.98. The molecule has 1 atom stereocenters. The van der Waals surface area contributed by atoms with Gasteiger partial charge in [-0.2, -0.15) is 0 Å². The molecule has 0 radical (unpaired) electrons. The second kappa shape index (κ2) is 10.0. The Balaban J connectivity index is 1.12. The SMILES string of the molecule is COc1cc2c(cc1OC)CN(C(=O)CN1CCN(C(=O)C3COc4ccccc4O3)CC1)CC2. The van der Waals surface area contributed by atoms with Gasteiger partial charge in [0, 0.05) is 39.3 Å². The van der Waals surface area contributed by atoms with Crippen LogP contribution in [-0.2, 0) is 22.6 Å². The summed E-state index contributed by atoms with van der Waals surface area (Å²) in [6.45, 7) is 4.23. The van der Waals surface area contributed by atoms with E-state index in [4.69, 9.17) is 18.9 Å². The van der Waals surface area contributed by atoms with Crippen LogP contribution in [0, 0.1) is 0 Å². The van der Waals surface area contributed by atoms with Crippen molar-refractivity contribution in [3.8, 4) is 23.0 Å². The second-order valence-corrected chi connectivity index (χ2v) is 9.01. The van der Waals surface area contributed by atoms with E-state index in [9.17, 15) is 9.59 Å². The molecule has 9 nitrogen and oxygen atoms in total. The summed E-state index contributed by atoms with van der Waals surface area (Å²) in [5, 5.41) is 0. The number of benzene rings is 2. The van der Waals surface area contributed by atoms with Crippen molar-refractivity contribution < 1.29 is 28.5 Å². The van der Waals surface area contributed by atoms with Crippen molar-refractivity contribution in [1.29, 1.82) is 0 Å². The van der Waals surface area contributed by atoms with E-state index in [-0.39, 0.29) is 18.4 Å². The van der Waals surface area contributed by atoms with Crippen LogP contribution in [0.1, 0.15) is 11.1 Å². The topological polar surface area (TPSA) is 80.8 Å². The molecule has 1 fully saturated rings. The van der Waals surface area contributed by atoms with Crippen molar-refractivity contribution >= 4 is 11.8 Å². The number of para-hydroxylation sites is 2. The molecule has 2 aromatic rings. The maximum Gasteiger partial charge on any atom is 0.267 e. The predicted octanol–water partition coefficient (Wildman–Crippen LogP) is 1.57. The quantitative estimate of drug-likeness (QED) is 0.641. The molecule has 35 heavy (non-hydrogen) atoms. The first kappa shape index (κ1) is 23.3. The third kappa shape index (κ3) is 4.86. The summed E-state index contributed by atoms with van der Waals surface area (Å²) in [6, 6.07) is 11.4. The van der Waals surface area contributed by atoms with Crippen LogP contribution >= 0.6 is 0 Å². The van der Waals surface area contributed by atoms with Crippen LogP contribution in [0.15, 0.2) is 36.4 Å². The van der Waals surface area contributed by atoms with Crippen molar-refractivity contribution in [3.05, 3.63) is 47.5 Å². The van der Waals surface area contributed by atoms with Gasteiger partial charge in [0.1, 0.15) is 6.61 Å². The molecule has 0 N–H and O–H groups in total. The molecular formula is C26H31N3O6. The zero-order valence-electron chi connectivity index (χ0n) is 20.2. The Labute approximate surface area is 205 Å². The molecule has 2 amide bonds. The third-order valence-corrected chi connectivity index (χ3v) is 6.90. The Kier molecular flexibility index (Phi) is 6.68. The van der Waals surface area contributed by atoms with E-state index in [2.05, 4.69) is 4.90 Å². The number of rotatable bonds is 5. The molecule has 186 valence electrons. The fraction of sp³-hybridized carbons (Fsp3) is 0.462. The number of hydrogen-bond donors (Lipinski definition) is 0. The molecule has 3 aliphatic rings. The molecule has 0 bridgehead atoms. The number of piperazine rings is 1. The monoisotopic (exact) mass is 481 g/mol. The van der Waals surface area contributed by atoms with Gasteiger partial charge in [0.25, 0.3) is 5.91 Å². The summed E-state index contributed by atoms with van der Waals surface area (Å²) >= 11 is 0. The number of ether oxygens (including phenoxy) is 4. The first-order chi connectivity index (χ1) is 17.1. The fourth-order valence-electron chi connectivity index (χ4n) is 4.86. The van der Waals surface area contributed by atoms with Gasteiger partial charge in [-0.3, -0.25) is 14.5 Å². The molecule has 1 saturated heterocycles. The Morgan fingerprint density at radius 2 is 1.60 bits per heavy atom. The number of fused-ring (bicyclic) bond motifs is 2. The van der Waals surface area contributed by atoms with Crippen LogP contribution in [0.5, 0.6) is 23.0 Å². The molecule has 0 spiro atoms. The van der Waals surface area contributed by atoms with Crippen molar-refractivity contribution in [2.45, 2.75) is 19.1 Å². The van der Waals surface area contributed by atoms with Gasteiger partial charge in [0.05, 0.1) is 20.8 Å². The molecule has 9 heteroatoms. The number of nitrogens with zero attached hydrogens (tertiary/aromatic N) is 3. The van der Waals surface area contributed by atoms with E-state index in [1.165, 1.54) is 5.56 Å². The minimum atomic E-state index is -0.637. The lowest BCUT2D eigenvalue weighted by molar-refractivity contribution is -0.143. The van der Waals surface area contributed by atoms with E-state index in [0.29, 0.717) is 68.8 Å². The Hall–Kier alpha value is -3.46. The Morgan fingerprint density at radius 3 is 2.31 bits per heavy atom. The standard InChI is InChI=1S/C26H31N3O6/c1-32-22-13-18-7-8-29(15-19(18)14-23(22)33-2)25(30)16-27-9-11-28(12-10-27)26(31)24-17-34-20-5-3-4-6-21(20)35-24/h3-6,13-14,24H,7-12,15-17H2,1-2H3. The van der Waals surface area contributed by atoms with Crippen LogP contribution in [0.3, 0.4) is 0 Å². The van der Waals surface area contributed by atoms with Crippen molar-refractivity contribution in [3.63, 3.8) is 0 Å². The minimum Gasteiger partial charge on any atom is -0.493 e. The zero-order chi connectivity index (χ0) is 24.4. The highest BCUT2D eigenvalue weighted by Crippen LogP contribution is 2.33. The molecule has 3 heterocycles. The first-order valence-corrected chi connectivity index (χ1v) is 12.0. The maximum absolute atomic E-state index is 13.0. The van der Waals surface area contributed by atoms with Gasteiger partial charge >= 0.3 is 0 Å². The highest BCUT2D eigenvalue weighted by molar-refractivity contribution is 5.82. The van der Waals surface area contributed by atoms with Crippen LogP contribution in [0.25, 0.3) is 0 Å². The summed E-state index contributed by atoms with van der Waals surface area (Å²) in [4.78, 5) is 31.8. The number of methoxy groups -OCH3 is 2. The van der Waals surface area contributed by atoms with Crippen LogP contribution in [0.2, 0.25) is 0 Å². The molecule has 0 aromatic heterocycles. The van der Waals surface area contributed by atoms with Gasteiger partial charge < -0.3 is 28.7 Å². The highest BCUT2D eigenvalue weighted by atomic mass is 16.6. The molecule has 1 unspecified atom stereocenters. The predicted molar refractivity (Wildman–Crippen MR) is 128 cm³/mol. The average Bonchev–Trinajstić information content (AvgIpc) is 2.91. The lowest BCUT2D eigenvalue weighted by Crippen LogP contribution is -2.55. The van der Waals surface area contributed by atoms with E-state index in [1.807, 2.05) is 41.3 Å². The Bertz CT molecular complexity index is 1100. The van der Waals surface area contributed by atoms with Gasteiger partial charge in [-0.25, -0.2) is 0 Å². The van der Waals surface area contributed by atoms with Gasteiger partial charge in [-0.15, -0.1) is 0 Å². The van der Waals surface area contributed by atoms with Crippen LogP contribution < -0.4 is 18.9 Å². The van der Waals surface area contributed by atoms with E-state index < -0.39 is 6.10 Å². The molecule has 2 aromatic carbocycles. The zero-order valence-corrected chi connectivity index (χ0v) is 20.2. The second-order valence-electron chi connectivity index (χ2n) is 9.01. The molecule has 3 aliphatic heterocycles. The highest BCUT2D eigenvalue weighted by Gasteiger charge is 2.33. The van der Waals surface area contributed by atoms with Gasteiger partial charge in [0.2, 0.25) is 12.0 Å².